The van der Waals surface area contributed by atoms with Crippen molar-refractivity contribution in [1.29, 1.82) is 0 Å². The van der Waals surface area contributed by atoms with E-state index < -0.39 is 0 Å². The molecular weight excluding hydrogens is 228 g/mol. The lowest BCUT2D eigenvalue weighted by Crippen LogP contribution is -2.49. The summed E-state index contributed by atoms with van der Waals surface area (Å²) in [6.07, 6.45) is 2.63. The second-order valence-electron chi connectivity index (χ2n) is 5.67. The van der Waals surface area contributed by atoms with Gasteiger partial charge < -0.3 is 5.32 Å². The maximum absolute atomic E-state index is 3.66. The van der Waals surface area contributed by atoms with Crippen molar-refractivity contribution in [2.24, 2.45) is 0 Å². The van der Waals surface area contributed by atoms with E-state index in [0.717, 1.165) is 13.1 Å². The molecule has 1 aliphatic heterocycles. The van der Waals surface area contributed by atoms with Crippen LogP contribution in [0.15, 0.2) is 17.5 Å². The fourth-order valence-electron chi connectivity index (χ4n) is 2.56. The highest BCUT2D eigenvalue weighted by molar-refractivity contribution is 7.09. The van der Waals surface area contributed by atoms with Gasteiger partial charge in [-0.15, -0.1) is 11.3 Å². The minimum absolute atomic E-state index is 0.321. The summed E-state index contributed by atoms with van der Waals surface area (Å²) in [5.41, 5.74) is 0.321. The van der Waals surface area contributed by atoms with Crippen LogP contribution >= 0.6 is 11.3 Å². The number of rotatable bonds is 5. The molecule has 1 fully saturated rings. The lowest BCUT2D eigenvalue weighted by atomic mass is 9.99. The Morgan fingerprint density at radius 1 is 1.53 bits per heavy atom. The van der Waals surface area contributed by atoms with E-state index in [-0.39, 0.29) is 0 Å². The van der Waals surface area contributed by atoms with Gasteiger partial charge in [0.25, 0.3) is 0 Å². The third-order valence-corrected chi connectivity index (χ3v) is 4.54. The van der Waals surface area contributed by atoms with Crippen molar-refractivity contribution in [2.45, 2.75) is 51.7 Å². The van der Waals surface area contributed by atoms with Gasteiger partial charge in [-0.2, -0.15) is 0 Å². The molecule has 1 atom stereocenters. The minimum Gasteiger partial charge on any atom is -0.310 e. The average Bonchev–Trinajstić information content (AvgIpc) is 2.89. The first kappa shape index (κ1) is 13.1. The maximum atomic E-state index is 3.66. The van der Waals surface area contributed by atoms with E-state index in [4.69, 9.17) is 0 Å². The zero-order valence-electron chi connectivity index (χ0n) is 11.2. The van der Waals surface area contributed by atoms with Gasteiger partial charge in [0.05, 0.1) is 0 Å². The molecule has 2 nitrogen and oxygen atoms in total. The summed E-state index contributed by atoms with van der Waals surface area (Å²) >= 11 is 1.86. The molecule has 2 rings (SSSR count). The lowest BCUT2D eigenvalue weighted by molar-refractivity contribution is 0.160. The first-order valence-corrected chi connectivity index (χ1v) is 7.48. The van der Waals surface area contributed by atoms with Crippen LogP contribution in [0.1, 0.15) is 38.5 Å². The number of nitrogens with one attached hydrogen (secondary N) is 1. The first-order chi connectivity index (χ1) is 8.09. The predicted octanol–water partition coefficient (Wildman–Crippen LogP) is 3.10. The van der Waals surface area contributed by atoms with Crippen LogP contribution in [0.5, 0.6) is 0 Å². The Morgan fingerprint density at radius 3 is 2.88 bits per heavy atom. The predicted molar refractivity (Wildman–Crippen MR) is 75.5 cm³/mol. The minimum atomic E-state index is 0.321. The fraction of sp³-hybridized carbons (Fsp3) is 0.714. The van der Waals surface area contributed by atoms with E-state index >= 15 is 0 Å². The van der Waals surface area contributed by atoms with Gasteiger partial charge in [0, 0.05) is 29.5 Å². The van der Waals surface area contributed by atoms with Crippen LogP contribution in [0, 0.1) is 0 Å². The SMILES string of the molecule is CC(C)N(Cc1cccs1)CC1(C)CCCN1. The van der Waals surface area contributed by atoms with Crippen molar-refractivity contribution >= 4 is 11.3 Å². The van der Waals surface area contributed by atoms with Crippen molar-refractivity contribution < 1.29 is 0 Å². The number of hydrogen-bond donors (Lipinski definition) is 1. The summed E-state index contributed by atoms with van der Waals surface area (Å²) in [6, 6.07) is 5.00. The zero-order chi connectivity index (χ0) is 12.3. The number of nitrogens with zero attached hydrogens (tertiary/aromatic N) is 1. The molecule has 17 heavy (non-hydrogen) atoms. The van der Waals surface area contributed by atoms with Crippen LogP contribution < -0.4 is 5.32 Å². The first-order valence-electron chi connectivity index (χ1n) is 6.60. The van der Waals surface area contributed by atoms with E-state index in [1.165, 1.54) is 24.3 Å². The molecule has 0 radical (unpaired) electrons. The molecule has 96 valence electrons. The third kappa shape index (κ3) is 3.54. The lowest BCUT2D eigenvalue weighted by Gasteiger charge is -2.35. The summed E-state index contributed by atoms with van der Waals surface area (Å²) in [5.74, 6) is 0. The molecule has 2 heterocycles. The Hall–Kier alpha value is -0.380. The molecule has 1 saturated heterocycles. The Labute approximate surface area is 109 Å². The van der Waals surface area contributed by atoms with Crippen LogP contribution in [0.2, 0.25) is 0 Å². The van der Waals surface area contributed by atoms with Gasteiger partial charge in [-0.3, -0.25) is 4.90 Å². The molecule has 0 aromatic carbocycles. The summed E-state index contributed by atoms with van der Waals surface area (Å²) in [6.45, 7) is 10.4. The molecule has 1 aliphatic rings. The Kier molecular flexibility index (Phi) is 4.23. The Morgan fingerprint density at radius 2 is 2.35 bits per heavy atom. The van der Waals surface area contributed by atoms with Gasteiger partial charge in [0.1, 0.15) is 0 Å². The van der Waals surface area contributed by atoms with Gasteiger partial charge >= 0.3 is 0 Å². The van der Waals surface area contributed by atoms with Crippen LogP contribution in [-0.4, -0.2) is 29.6 Å². The highest BCUT2D eigenvalue weighted by Gasteiger charge is 2.30. The normalized spacial score (nSPS) is 25.0. The molecule has 0 amide bonds. The standard InChI is InChI=1S/C14H24N2S/c1-12(2)16(10-13-6-4-9-17-13)11-14(3)7-5-8-15-14/h4,6,9,12,15H,5,7-8,10-11H2,1-3H3. The second kappa shape index (κ2) is 5.51. The van der Waals surface area contributed by atoms with Gasteiger partial charge in [-0.05, 0) is 51.6 Å². The fourth-order valence-corrected chi connectivity index (χ4v) is 3.29. The quantitative estimate of drug-likeness (QED) is 0.866. The van der Waals surface area contributed by atoms with Gasteiger partial charge in [0.2, 0.25) is 0 Å². The van der Waals surface area contributed by atoms with Crippen molar-refractivity contribution in [3.05, 3.63) is 22.4 Å². The summed E-state index contributed by atoms with van der Waals surface area (Å²) in [5, 5.41) is 5.83. The molecule has 1 aromatic rings. The van der Waals surface area contributed by atoms with Crippen molar-refractivity contribution in [2.75, 3.05) is 13.1 Å². The van der Waals surface area contributed by atoms with Gasteiger partial charge in [-0.1, -0.05) is 6.07 Å². The number of thiophene rings is 1. The van der Waals surface area contributed by atoms with Crippen molar-refractivity contribution in [1.82, 2.24) is 10.2 Å². The van der Waals surface area contributed by atoms with E-state index in [9.17, 15) is 0 Å². The highest BCUT2D eigenvalue weighted by atomic mass is 32.1. The van der Waals surface area contributed by atoms with E-state index in [1.807, 2.05) is 11.3 Å². The van der Waals surface area contributed by atoms with E-state index in [1.54, 1.807) is 0 Å². The third-order valence-electron chi connectivity index (χ3n) is 3.68. The molecule has 3 heteroatoms. The summed E-state index contributed by atoms with van der Waals surface area (Å²) < 4.78 is 0. The van der Waals surface area contributed by atoms with Crippen LogP contribution in [0.25, 0.3) is 0 Å². The molecular formula is C14H24N2S. The van der Waals surface area contributed by atoms with Crippen molar-refractivity contribution in [3.8, 4) is 0 Å². The molecule has 0 aliphatic carbocycles. The van der Waals surface area contributed by atoms with Crippen LogP contribution in [-0.2, 0) is 6.54 Å². The monoisotopic (exact) mass is 252 g/mol. The smallest absolute Gasteiger partial charge is 0.0331 e. The Balaban J connectivity index is 1.97. The van der Waals surface area contributed by atoms with Crippen LogP contribution in [0.4, 0.5) is 0 Å². The van der Waals surface area contributed by atoms with Crippen molar-refractivity contribution in [3.63, 3.8) is 0 Å². The van der Waals surface area contributed by atoms with E-state index in [2.05, 4.69) is 48.5 Å². The van der Waals surface area contributed by atoms with E-state index in [0.29, 0.717) is 11.6 Å². The summed E-state index contributed by atoms with van der Waals surface area (Å²) in [4.78, 5) is 4.06. The summed E-state index contributed by atoms with van der Waals surface area (Å²) in [7, 11) is 0. The largest absolute Gasteiger partial charge is 0.310 e. The molecule has 0 bridgehead atoms. The number of hydrogen-bond acceptors (Lipinski definition) is 3. The molecule has 0 spiro atoms. The molecule has 1 N–H and O–H groups in total. The highest BCUT2D eigenvalue weighted by Crippen LogP contribution is 2.23. The van der Waals surface area contributed by atoms with Gasteiger partial charge in [-0.25, -0.2) is 0 Å². The second-order valence-corrected chi connectivity index (χ2v) is 6.70. The average molecular weight is 252 g/mol. The molecule has 1 unspecified atom stereocenters. The molecule has 1 aromatic heterocycles. The van der Waals surface area contributed by atoms with Crippen LogP contribution in [0.3, 0.4) is 0 Å². The molecule has 0 saturated carbocycles. The topological polar surface area (TPSA) is 15.3 Å². The zero-order valence-corrected chi connectivity index (χ0v) is 12.0. The van der Waals surface area contributed by atoms with Gasteiger partial charge in [0.15, 0.2) is 0 Å². The maximum Gasteiger partial charge on any atom is 0.0331 e. The Bertz CT molecular complexity index is 326.